The van der Waals surface area contributed by atoms with Crippen LogP contribution in [0.3, 0.4) is 0 Å². The highest BCUT2D eigenvalue weighted by molar-refractivity contribution is 5.98. The molecule has 0 bridgehead atoms. The second-order valence-electron chi connectivity index (χ2n) is 5.67. The number of nitrogens with zero attached hydrogens (tertiary/aromatic N) is 1. The van der Waals surface area contributed by atoms with Gasteiger partial charge in [0.1, 0.15) is 5.75 Å². The van der Waals surface area contributed by atoms with Crippen LogP contribution < -0.4 is 20.3 Å². The van der Waals surface area contributed by atoms with Gasteiger partial charge in [0.25, 0.3) is 0 Å². The Morgan fingerprint density at radius 2 is 2.22 bits per heavy atom. The van der Waals surface area contributed by atoms with Crippen molar-refractivity contribution in [3.63, 3.8) is 0 Å². The largest absolute Gasteiger partial charge is 0.494 e. The summed E-state index contributed by atoms with van der Waals surface area (Å²) < 4.78 is 5.39. The van der Waals surface area contributed by atoms with E-state index in [-0.39, 0.29) is 30.3 Å². The van der Waals surface area contributed by atoms with E-state index in [0.29, 0.717) is 24.4 Å². The molecule has 126 valence electrons. The van der Waals surface area contributed by atoms with Crippen molar-refractivity contribution in [3.8, 4) is 5.75 Å². The van der Waals surface area contributed by atoms with Gasteiger partial charge in [-0.3, -0.25) is 9.59 Å². The lowest BCUT2D eigenvalue weighted by Crippen LogP contribution is -2.35. The van der Waals surface area contributed by atoms with Crippen molar-refractivity contribution < 1.29 is 14.3 Å². The molecule has 3 rings (SSSR count). The Labute approximate surface area is 142 Å². The molecule has 0 aliphatic carbocycles. The van der Waals surface area contributed by atoms with Crippen molar-refractivity contribution in [2.24, 2.45) is 0 Å². The highest BCUT2D eigenvalue weighted by Crippen LogP contribution is 2.33. The second-order valence-corrected chi connectivity index (χ2v) is 5.67. The van der Waals surface area contributed by atoms with Crippen LogP contribution in [0.25, 0.3) is 0 Å². The number of halogens is 1. The SMILES string of the molecule is COc1cc(NC(=O)[C@@H]2CCCN2)ccc1N1CCCC1=O.Cl. The zero-order chi connectivity index (χ0) is 15.5. The fourth-order valence-corrected chi connectivity index (χ4v) is 3.02. The zero-order valence-electron chi connectivity index (χ0n) is 13.1. The third-order valence-corrected chi connectivity index (χ3v) is 4.19. The molecule has 0 radical (unpaired) electrons. The predicted molar refractivity (Wildman–Crippen MR) is 91.5 cm³/mol. The first-order valence-corrected chi connectivity index (χ1v) is 7.71. The number of nitrogens with one attached hydrogen (secondary N) is 2. The number of ether oxygens (including phenoxy) is 1. The van der Waals surface area contributed by atoms with E-state index in [1.807, 2.05) is 12.1 Å². The zero-order valence-corrected chi connectivity index (χ0v) is 13.9. The third-order valence-electron chi connectivity index (χ3n) is 4.19. The first-order chi connectivity index (χ1) is 10.7. The summed E-state index contributed by atoms with van der Waals surface area (Å²) in [5.74, 6) is 0.697. The number of rotatable bonds is 4. The molecular weight excluding hydrogens is 318 g/mol. The van der Waals surface area contributed by atoms with Crippen LogP contribution in [0.15, 0.2) is 18.2 Å². The number of methoxy groups -OCH3 is 1. The van der Waals surface area contributed by atoms with E-state index in [1.165, 1.54) is 0 Å². The minimum absolute atomic E-state index is 0. The van der Waals surface area contributed by atoms with Gasteiger partial charge < -0.3 is 20.3 Å². The van der Waals surface area contributed by atoms with E-state index in [0.717, 1.165) is 31.5 Å². The van der Waals surface area contributed by atoms with Gasteiger partial charge in [0.05, 0.1) is 18.8 Å². The van der Waals surface area contributed by atoms with Gasteiger partial charge in [-0.05, 0) is 37.9 Å². The molecule has 6 nitrogen and oxygen atoms in total. The number of benzene rings is 1. The van der Waals surface area contributed by atoms with Crippen molar-refractivity contribution in [2.45, 2.75) is 31.7 Å². The molecule has 0 saturated carbocycles. The highest BCUT2D eigenvalue weighted by Gasteiger charge is 2.25. The Balaban J connectivity index is 0.00000192. The summed E-state index contributed by atoms with van der Waals surface area (Å²) in [6, 6.07) is 5.30. The molecule has 0 unspecified atom stereocenters. The van der Waals surface area contributed by atoms with Gasteiger partial charge in [-0.2, -0.15) is 0 Å². The first kappa shape index (κ1) is 17.6. The summed E-state index contributed by atoms with van der Waals surface area (Å²) in [4.78, 5) is 25.7. The minimum atomic E-state index is -0.120. The molecule has 1 aromatic rings. The van der Waals surface area contributed by atoms with Crippen LogP contribution in [0.2, 0.25) is 0 Å². The monoisotopic (exact) mass is 339 g/mol. The molecule has 2 amide bonds. The van der Waals surface area contributed by atoms with Crippen molar-refractivity contribution in [2.75, 3.05) is 30.4 Å². The van der Waals surface area contributed by atoms with E-state index >= 15 is 0 Å². The Kier molecular flexibility index (Phi) is 5.85. The van der Waals surface area contributed by atoms with Crippen LogP contribution in [-0.2, 0) is 9.59 Å². The molecule has 0 spiro atoms. The van der Waals surface area contributed by atoms with Gasteiger partial charge in [-0.15, -0.1) is 12.4 Å². The van der Waals surface area contributed by atoms with Gasteiger partial charge >= 0.3 is 0 Å². The Morgan fingerprint density at radius 3 is 2.83 bits per heavy atom. The Bertz CT molecular complexity index is 588. The molecule has 2 fully saturated rings. The average molecular weight is 340 g/mol. The lowest BCUT2D eigenvalue weighted by Gasteiger charge is -2.20. The number of anilines is 2. The van der Waals surface area contributed by atoms with Crippen molar-refractivity contribution in [1.82, 2.24) is 5.32 Å². The normalized spacial score (nSPS) is 20.3. The van der Waals surface area contributed by atoms with Crippen LogP contribution in [0, 0.1) is 0 Å². The maximum absolute atomic E-state index is 12.1. The first-order valence-electron chi connectivity index (χ1n) is 7.71. The Morgan fingerprint density at radius 1 is 1.39 bits per heavy atom. The van der Waals surface area contributed by atoms with Gasteiger partial charge in [0, 0.05) is 24.7 Å². The molecule has 2 N–H and O–H groups in total. The number of hydrogen-bond acceptors (Lipinski definition) is 4. The smallest absolute Gasteiger partial charge is 0.241 e. The van der Waals surface area contributed by atoms with Crippen molar-refractivity contribution in [1.29, 1.82) is 0 Å². The van der Waals surface area contributed by atoms with Gasteiger partial charge in [0.15, 0.2) is 0 Å². The summed E-state index contributed by atoms with van der Waals surface area (Å²) in [5.41, 5.74) is 1.45. The molecule has 1 atom stereocenters. The topological polar surface area (TPSA) is 70.7 Å². The standard InChI is InChI=1S/C16H21N3O3.ClH/c1-22-14-10-11(18-16(21)12-4-2-8-17-12)6-7-13(14)19-9-3-5-15(19)20;/h6-7,10,12,17H,2-5,8-9H2,1H3,(H,18,21);1H/t12-;/m0./s1. The van der Waals surface area contributed by atoms with Crippen LogP contribution in [0.5, 0.6) is 5.75 Å². The predicted octanol–water partition coefficient (Wildman–Crippen LogP) is 1.93. The molecule has 2 aliphatic rings. The van der Waals surface area contributed by atoms with Crippen LogP contribution >= 0.6 is 12.4 Å². The van der Waals surface area contributed by atoms with Gasteiger partial charge in [0.2, 0.25) is 11.8 Å². The van der Waals surface area contributed by atoms with Crippen LogP contribution in [0.4, 0.5) is 11.4 Å². The van der Waals surface area contributed by atoms with Crippen LogP contribution in [-0.4, -0.2) is 38.1 Å². The average Bonchev–Trinajstić information content (AvgIpc) is 3.18. The molecule has 2 saturated heterocycles. The minimum Gasteiger partial charge on any atom is -0.494 e. The molecule has 7 heteroatoms. The van der Waals surface area contributed by atoms with Gasteiger partial charge in [-0.1, -0.05) is 0 Å². The number of amides is 2. The maximum atomic E-state index is 12.1. The lowest BCUT2D eigenvalue weighted by atomic mass is 10.2. The van der Waals surface area contributed by atoms with E-state index in [1.54, 1.807) is 18.1 Å². The van der Waals surface area contributed by atoms with E-state index < -0.39 is 0 Å². The summed E-state index contributed by atoms with van der Waals surface area (Å²) >= 11 is 0. The summed E-state index contributed by atoms with van der Waals surface area (Å²) in [6.07, 6.45) is 3.34. The number of carbonyl (C=O) groups excluding carboxylic acids is 2. The molecule has 23 heavy (non-hydrogen) atoms. The third kappa shape index (κ3) is 3.76. The highest BCUT2D eigenvalue weighted by atomic mass is 35.5. The van der Waals surface area contributed by atoms with Crippen molar-refractivity contribution in [3.05, 3.63) is 18.2 Å². The Hall–Kier alpha value is -1.79. The van der Waals surface area contributed by atoms with E-state index in [9.17, 15) is 9.59 Å². The van der Waals surface area contributed by atoms with E-state index in [2.05, 4.69) is 10.6 Å². The summed E-state index contributed by atoms with van der Waals surface area (Å²) in [6.45, 7) is 1.60. The molecule has 0 aromatic heterocycles. The second kappa shape index (κ2) is 7.66. The fraction of sp³-hybridized carbons (Fsp3) is 0.500. The molecular formula is C16H22ClN3O3. The van der Waals surface area contributed by atoms with Gasteiger partial charge in [-0.25, -0.2) is 0 Å². The van der Waals surface area contributed by atoms with Crippen molar-refractivity contribution >= 4 is 35.6 Å². The molecule has 2 aliphatic heterocycles. The lowest BCUT2D eigenvalue weighted by molar-refractivity contribution is -0.118. The summed E-state index contributed by atoms with van der Waals surface area (Å²) in [7, 11) is 1.57. The number of carbonyl (C=O) groups is 2. The molecule has 2 heterocycles. The van der Waals surface area contributed by atoms with Crippen LogP contribution in [0.1, 0.15) is 25.7 Å². The fourth-order valence-electron chi connectivity index (χ4n) is 3.02. The quantitative estimate of drug-likeness (QED) is 0.879. The summed E-state index contributed by atoms with van der Waals surface area (Å²) in [5, 5.41) is 6.07. The van der Waals surface area contributed by atoms with E-state index in [4.69, 9.17) is 4.74 Å². The molecule has 1 aromatic carbocycles. The maximum Gasteiger partial charge on any atom is 0.241 e. The number of hydrogen-bond donors (Lipinski definition) is 2.